The summed E-state index contributed by atoms with van der Waals surface area (Å²) in [5.41, 5.74) is 2.04. The molecule has 1 aromatic heterocycles. The van der Waals surface area contributed by atoms with Gasteiger partial charge >= 0.3 is 0 Å². The van der Waals surface area contributed by atoms with Crippen molar-refractivity contribution >= 4 is 24.0 Å². The third-order valence-corrected chi connectivity index (χ3v) is 5.35. The number of allylic oxidation sites excluding steroid dienone is 3. The molecule has 7 heteroatoms. The van der Waals surface area contributed by atoms with E-state index in [1.807, 2.05) is 43.3 Å². The normalized spacial score (nSPS) is 16.7. The van der Waals surface area contributed by atoms with Crippen LogP contribution in [0.15, 0.2) is 59.4 Å². The molecular weight excluding hydrogens is 382 g/mol. The summed E-state index contributed by atoms with van der Waals surface area (Å²) >= 11 is 0. The lowest BCUT2D eigenvalue weighted by molar-refractivity contribution is -0.118. The van der Waals surface area contributed by atoms with Crippen LogP contribution in [0.2, 0.25) is 0 Å². The molecule has 0 atom stereocenters. The number of rotatable bonds is 7. The Morgan fingerprint density at radius 2 is 2.03 bits per heavy atom. The van der Waals surface area contributed by atoms with Crippen LogP contribution >= 0.6 is 0 Å². The number of amides is 1. The van der Waals surface area contributed by atoms with Gasteiger partial charge in [0.25, 0.3) is 0 Å². The zero-order valence-electron chi connectivity index (χ0n) is 17.0. The number of carbonyl (C=O) groups excluding carboxylic acids is 1. The number of nitrogens with one attached hydrogen (secondary N) is 1. The van der Waals surface area contributed by atoms with Gasteiger partial charge in [-0.25, -0.2) is 9.98 Å². The highest BCUT2D eigenvalue weighted by atomic mass is 16.7. The molecule has 1 aliphatic carbocycles. The minimum Gasteiger partial charge on any atom is -0.481 e. The summed E-state index contributed by atoms with van der Waals surface area (Å²) in [6, 6.07) is 11.2. The van der Waals surface area contributed by atoms with E-state index in [0.717, 1.165) is 29.7 Å². The van der Waals surface area contributed by atoms with Crippen LogP contribution in [-0.4, -0.2) is 31.5 Å². The van der Waals surface area contributed by atoms with Gasteiger partial charge < -0.3 is 19.5 Å². The molecule has 0 spiro atoms. The Morgan fingerprint density at radius 1 is 1.23 bits per heavy atom. The Kier molecular flexibility index (Phi) is 5.27. The molecule has 1 aliphatic heterocycles. The second kappa shape index (κ2) is 8.02. The summed E-state index contributed by atoms with van der Waals surface area (Å²) in [6.07, 6.45) is 5.14. The van der Waals surface area contributed by atoms with Gasteiger partial charge in [0.15, 0.2) is 11.5 Å². The van der Waals surface area contributed by atoms with Crippen molar-refractivity contribution in [3.8, 4) is 11.5 Å². The topological polar surface area (TPSA) is 82.0 Å². The maximum absolute atomic E-state index is 13.1. The van der Waals surface area contributed by atoms with Gasteiger partial charge in [-0.05, 0) is 61.9 Å². The molecule has 1 saturated carbocycles. The van der Waals surface area contributed by atoms with Crippen molar-refractivity contribution in [2.24, 2.45) is 4.99 Å². The number of ether oxygens (including phenoxy) is 3. The highest BCUT2D eigenvalue weighted by Gasteiger charge is 2.51. The Hall–Kier alpha value is -3.61. The van der Waals surface area contributed by atoms with Crippen LogP contribution in [0.4, 0.5) is 5.82 Å². The van der Waals surface area contributed by atoms with Crippen molar-refractivity contribution in [1.82, 2.24) is 4.98 Å². The molecule has 1 amide bonds. The SMILES string of the molecule is C=N/C(=C\C=C(/C)c1cccc(NC(=O)C2(c3ccc4c(c3)OCO4)CC2)n1)OC. The number of hydrogen-bond acceptors (Lipinski definition) is 6. The first-order valence-electron chi connectivity index (χ1n) is 9.64. The minimum atomic E-state index is -0.546. The molecule has 0 bridgehead atoms. The van der Waals surface area contributed by atoms with E-state index in [1.165, 1.54) is 7.11 Å². The molecule has 0 radical (unpaired) electrons. The highest BCUT2D eigenvalue weighted by Crippen LogP contribution is 2.51. The van der Waals surface area contributed by atoms with Crippen LogP contribution in [0.5, 0.6) is 11.5 Å². The Labute approximate surface area is 175 Å². The van der Waals surface area contributed by atoms with Crippen molar-refractivity contribution in [3.05, 3.63) is 65.7 Å². The molecule has 1 fully saturated rings. The van der Waals surface area contributed by atoms with E-state index in [0.29, 0.717) is 23.2 Å². The molecule has 154 valence electrons. The summed E-state index contributed by atoms with van der Waals surface area (Å²) in [5, 5.41) is 2.98. The Bertz CT molecular complexity index is 1050. The zero-order chi connectivity index (χ0) is 21.1. The van der Waals surface area contributed by atoms with Crippen molar-refractivity contribution < 1.29 is 19.0 Å². The molecule has 1 N–H and O–H groups in total. The fraction of sp³-hybridized carbons (Fsp3) is 0.261. The second-order valence-corrected chi connectivity index (χ2v) is 7.23. The van der Waals surface area contributed by atoms with Gasteiger partial charge in [-0.15, -0.1) is 0 Å². The molecule has 2 aromatic rings. The standard InChI is InChI=1S/C23H23N3O4/c1-15(7-10-21(24-2)28-3)17-5-4-6-20(25-17)26-22(27)23(11-12-23)16-8-9-18-19(13-16)30-14-29-18/h4-10,13H,2,11-12,14H2,1,3H3,(H,25,26,27)/b15-7+,21-10+. The lowest BCUT2D eigenvalue weighted by Gasteiger charge is -2.16. The number of aliphatic imine (C=N–C) groups is 1. The van der Waals surface area contributed by atoms with Crippen LogP contribution in [0, 0.1) is 0 Å². The van der Waals surface area contributed by atoms with Crippen molar-refractivity contribution in [3.63, 3.8) is 0 Å². The number of fused-ring (bicyclic) bond motifs is 1. The van der Waals surface area contributed by atoms with Gasteiger partial charge in [0.05, 0.1) is 18.2 Å². The molecular formula is C23H23N3O4. The van der Waals surface area contributed by atoms with Gasteiger partial charge in [0.1, 0.15) is 5.82 Å². The van der Waals surface area contributed by atoms with Gasteiger partial charge in [-0.1, -0.05) is 18.2 Å². The first kappa shape index (κ1) is 19.7. The minimum absolute atomic E-state index is 0.0647. The van der Waals surface area contributed by atoms with Gasteiger partial charge in [0, 0.05) is 6.08 Å². The highest BCUT2D eigenvalue weighted by molar-refractivity contribution is 6.01. The molecule has 0 unspecified atom stereocenters. The van der Waals surface area contributed by atoms with Gasteiger partial charge in [-0.2, -0.15) is 0 Å². The lowest BCUT2D eigenvalue weighted by Crippen LogP contribution is -2.28. The molecule has 0 saturated heterocycles. The number of methoxy groups -OCH3 is 1. The molecule has 7 nitrogen and oxygen atoms in total. The molecule has 30 heavy (non-hydrogen) atoms. The number of nitrogens with zero attached hydrogens (tertiary/aromatic N) is 2. The predicted molar refractivity (Wildman–Crippen MR) is 115 cm³/mol. The molecule has 2 heterocycles. The number of hydrogen-bond donors (Lipinski definition) is 1. The summed E-state index contributed by atoms with van der Waals surface area (Å²) in [4.78, 5) is 21.4. The first-order valence-corrected chi connectivity index (χ1v) is 9.64. The van der Waals surface area contributed by atoms with Crippen LogP contribution < -0.4 is 14.8 Å². The number of benzene rings is 1. The summed E-state index contributed by atoms with van der Waals surface area (Å²) in [7, 11) is 1.53. The van der Waals surface area contributed by atoms with E-state index in [9.17, 15) is 4.79 Å². The second-order valence-electron chi connectivity index (χ2n) is 7.23. The fourth-order valence-electron chi connectivity index (χ4n) is 3.39. The maximum Gasteiger partial charge on any atom is 0.236 e. The van der Waals surface area contributed by atoms with E-state index in [1.54, 1.807) is 12.1 Å². The zero-order valence-corrected chi connectivity index (χ0v) is 17.0. The lowest BCUT2D eigenvalue weighted by atomic mass is 9.94. The number of carbonyl (C=O) groups is 1. The average Bonchev–Trinajstić information content (AvgIpc) is 3.45. The fourth-order valence-corrected chi connectivity index (χ4v) is 3.39. The van der Waals surface area contributed by atoms with Crippen molar-refractivity contribution in [2.75, 3.05) is 19.2 Å². The van der Waals surface area contributed by atoms with Crippen LogP contribution in [0.1, 0.15) is 31.0 Å². The van der Waals surface area contributed by atoms with Crippen molar-refractivity contribution in [2.45, 2.75) is 25.2 Å². The third-order valence-electron chi connectivity index (χ3n) is 5.35. The molecule has 2 aliphatic rings. The summed E-state index contributed by atoms with van der Waals surface area (Å²) in [6.45, 7) is 5.59. The largest absolute Gasteiger partial charge is 0.481 e. The Balaban J connectivity index is 1.51. The number of pyridine rings is 1. The van der Waals surface area contributed by atoms with Crippen LogP contribution in [-0.2, 0) is 14.9 Å². The Morgan fingerprint density at radius 3 is 2.77 bits per heavy atom. The maximum atomic E-state index is 13.1. The van der Waals surface area contributed by atoms with Crippen LogP contribution in [0.25, 0.3) is 5.57 Å². The summed E-state index contributed by atoms with van der Waals surface area (Å²) in [5.74, 6) is 2.26. The van der Waals surface area contributed by atoms with Crippen LogP contribution in [0.3, 0.4) is 0 Å². The van der Waals surface area contributed by atoms with E-state index < -0.39 is 5.41 Å². The average molecular weight is 405 g/mol. The summed E-state index contributed by atoms with van der Waals surface area (Å²) < 4.78 is 15.9. The predicted octanol–water partition coefficient (Wildman–Crippen LogP) is 4.07. The third kappa shape index (κ3) is 3.78. The smallest absolute Gasteiger partial charge is 0.236 e. The monoisotopic (exact) mass is 405 g/mol. The number of aromatic nitrogens is 1. The first-order chi connectivity index (χ1) is 14.6. The van der Waals surface area contributed by atoms with Crippen molar-refractivity contribution in [1.29, 1.82) is 0 Å². The van der Waals surface area contributed by atoms with E-state index in [-0.39, 0.29) is 12.7 Å². The van der Waals surface area contributed by atoms with E-state index >= 15 is 0 Å². The van der Waals surface area contributed by atoms with E-state index in [4.69, 9.17) is 14.2 Å². The van der Waals surface area contributed by atoms with E-state index in [2.05, 4.69) is 22.0 Å². The molecule has 1 aromatic carbocycles. The number of anilines is 1. The molecule has 4 rings (SSSR count). The van der Waals surface area contributed by atoms with Gasteiger partial charge in [-0.3, -0.25) is 4.79 Å². The van der Waals surface area contributed by atoms with Gasteiger partial charge in [0.2, 0.25) is 18.6 Å². The quantitative estimate of drug-likeness (QED) is 0.427.